The molecule has 130 valence electrons. The van der Waals surface area contributed by atoms with Gasteiger partial charge in [0.2, 0.25) is 0 Å². The first kappa shape index (κ1) is 17.8. The summed E-state index contributed by atoms with van der Waals surface area (Å²) >= 11 is 0. The normalized spacial score (nSPS) is 14.0. The first-order valence-electron chi connectivity index (χ1n) is 7.21. The molecule has 2 aromatic rings. The summed E-state index contributed by atoms with van der Waals surface area (Å²) in [6, 6.07) is 3.99. The van der Waals surface area contributed by atoms with Crippen molar-refractivity contribution in [3.8, 4) is 5.75 Å². The lowest BCUT2D eigenvalue weighted by molar-refractivity contribution is -0.137. The summed E-state index contributed by atoms with van der Waals surface area (Å²) in [7, 11) is 0. The van der Waals surface area contributed by atoms with Gasteiger partial charge in [-0.3, -0.25) is 4.79 Å². The Morgan fingerprint density at radius 2 is 2.12 bits per heavy atom. The van der Waals surface area contributed by atoms with Gasteiger partial charge in [0.1, 0.15) is 18.4 Å². The van der Waals surface area contributed by atoms with Gasteiger partial charge < -0.3 is 10.1 Å². The van der Waals surface area contributed by atoms with Gasteiger partial charge in [-0.15, -0.1) is 0 Å². The molecule has 0 saturated carbocycles. The molecule has 0 aliphatic heterocycles. The van der Waals surface area contributed by atoms with Crippen molar-refractivity contribution in [2.45, 2.75) is 32.1 Å². The molecular formula is C15H17F3N4O2. The number of hydrogen-bond acceptors (Lipinski definition) is 4. The average molecular weight is 342 g/mol. The predicted octanol–water partition coefficient (Wildman–Crippen LogP) is 2.44. The largest absolute Gasteiger partial charge is 0.484 e. The maximum absolute atomic E-state index is 12.6. The zero-order valence-corrected chi connectivity index (χ0v) is 13.1. The van der Waals surface area contributed by atoms with E-state index >= 15 is 0 Å². The highest BCUT2D eigenvalue weighted by Gasteiger charge is 2.30. The van der Waals surface area contributed by atoms with E-state index in [1.165, 1.54) is 24.8 Å². The SMILES string of the molecule is C[C@H](NC(=O)COc1cccc(C(F)(F)F)c1)[C@H](C)n1cncn1. The van der Waals surface area contributed by atoms with E-state index in [2.05, 4.69) is 15.4 Å². The number of carbonyl (C=O) groups is 1. The standard InChI is InChI=1S/C15H17F3N4O2/c1-10(11(2)22-9-19-8-20-22)21-14(23)7-24-13-5-3-4-12(6-13)15(16,17)18/h3-6,8-11H,7H2,1-2H3,(H,21,23)/t10-,11-/m0/s1. The Labute approximate surface area is 136 Å². The molecule has 0 bridgehead atoms. The van der Waals surface area contributed by atoms with E-state index in [-0.39, 0.29) is 24.4 Å². The summed E-state index contributed by atoms with van der Waals surface area (Å²) < 4.78 is 44.6. The number of hydrogen-bond donors (Lipinski definition) is 1. The van der Waals surface area contributed by atoms with Crippen molar-refractivity contribution in [2.24, 2.45) is 0 Å². The number of nitrogens with zero attached hydrogens (tertiary/aromatic N) is 3. The summed E-state index contributed by atoms with van der Waals surface area (Å²) in [5.41, 5.74) is -0.825. The van der Waals surface area contributed by atoms with Gasteiger partial charge in [0.15, 0.2) is 6.61 Å². The number of nitrogens with one attached hydrogen (secondary N) is 1. The van der Waals surface area contributed by atoms with Crippen LogP contribution in [0, 0.1) is 0 Å². The molecular weight excluding hydrogens is 325 g/mol. The Morgan fingerprint density at radius 3 is 2.75 bits per heavy atom. The van der Waals surface area contributed by atoms with E-state index in [4.69, 9.17) is 4.74 Å². The van der Waals surface area contributed by atoms with Crippen LogP contribution in [0.1, 0.15) is 25.5 Å². The van der Waals surface area contributed by atoms with E-state index in [9.17, 15) is 18.0 Å². The van der Waals surface area contributed by atoms with Crippen LogP contribution >= 0.6 is 0 Å². The van der Waals surface area contributed by atoms with Gasteiger partial charge in [0.05, 0.1) is 11.6 Å². The Morgan fingerprint density at radius 1 is 1.38 bits per heavy atom. The molecule has 0 spiro atoms. The fourth-order valence-corrected chi connectivity index (χ4v) is 1.98. The lowest BCUT2D eigenvalue weighted by Crippen LogP contribution is -2.40. The highest BCUT2D eigenvalue weighted by Crippen LogP contribution is 2.31. The number of halogens is 3. The summed E-state index contributed by atoms with van der Waals surface area (Å²) in [5, 5.41) is 6.70. The molecule has 0 saturated heterocycles. The van der Waals surface area contributed by atoms with Crippen molar-refractivity contribution >= 4 is 5.91 Å². The monoisotopic (exact) mass is 342 g/mol. The zero-order valence-electron chi connectivity index (χ0n) is 13.1. The first-order chi connectivity index (χ1) is 11.3. The summed E-state index contributed by atoms with van der Waals surface area (Å²) in [5.74, 6) is -0.455. The minimum Gasteiger partial charge on any atom is -0.484 e. The number of ether oxygens (including phenoxy) is 1. The fraction of sp³-hybridized carbons (Fsp3) is 0.400. The van der Waals surface area contributed by atoms with Gasteiger partial charge in [0.25, 0.3) is 5.91 Å². The molecule has 2 rings (SSSR count). The van der Waals surface area contributed by atoms with Crippen molar-refractivity contribution in [1.29, 1.82) is 0 Å². The van der Waals surface area contributed by atoms with Crippen LogP contribution in [-0.2, 0) is 11.0 Å². The Kier molecular flexibility index (Phi) is 5.42. The molecule has 1 amide bonds. The predicted molar refractivity (Wildman–Crippen MR) is 79.3 cm³/mol. The van der Waals surface area contributed by atoms with Crippen LogP contribution in [0.4, 0.5) is 13.2 Å². The van der Waals surface area contributed by atoms with Crippen LogP contribution < -0.4 is 10.1 Å². The maximum atomic E-state index is 12.6. The van der Waals surface area contributed by atoms with Crippen LogP contribution in [0.15, 0.2) is 36.9 Å². The second-order valence-electron chi connectivity index (χ2n) is 5.29. The number of alkyl halides is 3. The number of rotatable bonds is 6. The first-order valence-corrected chi connectivity index (χ1v) is 7.21. The van der Waals surface area contributed by atoms with E-state index < -0.39 is 17.6 Å². The second kappa shape index (κ2) is 7.33. The van der Waals surface area contributed by atoms with Crippen molar-refractivity contribution in [3.05, 3.63) is 42.5 Å². The van der Waals surface area contributed by atoms with Gasteiger partial charge in [-0.2, -0.15) is 18.3 Å². The third-order valence-electron chi connectivity index (χ3n) is 3.50. The van der Waals surface area contributed by atoms with Crippen LogP contribution in [-0.4, -0.2) is 33.3 Å². The highest BCUT2D eigenvalue weighted by molar-refractivity contribution is 5.77. The number of aromatic nitrogens is 3. The third kappa shape index (κ3) is 4.71. The van der Waals surface area contributed by atoms with Crippen LogP contribution in [0.5, 0.6) is 5.75 Å². The molecule has 9 heteroatoms. The van der Waals surface area contributed by atoms with E-state index in [1.807, 2.05) is 6.92 Å². The third-order valence-corrected chi connectivity index (χ3v) is 3.50. The van der Waals surface area contributed by atoms with Crippen LogP contribution in [0.2, 0.25) is 0 Å². The topological polar surface area (TPSA) is 69.0 Å². The number of carbonyl (C=O) groups excluding carboxylic acids is 1. The molecule has 0 aliphatic rings. The lowest BCUT2D eigenvalue weighted by Gasteiger charge is -2.21. The van der Waals surface area contributed by atoms with Crippen molar-refractivity contribution in [2.75, 3.05) is 6.61 Å². The Hall–Kier alpha value is -2.58. The average Bonchev–Trinajstić information content (AvgIpc) is 3.06. The summed E-state index contributed by atoms with van der Waals surface area (Å²) in [6.07, 6.45) is -1.53. The molecule has 1 heterocycles. The van der Waals surface area contributed by atoms with E-state index in [0.29, 0.717) is 0 Å². The maximum Gasteiger partial charge on any atom is 0.416 e. The Bertz CT molecular complexity index is 674. The molecule has 1 N–H and O–H groups in total. The molecule has 0 fully saturated rings. The molecule has 0 radical (unpaired) electrons. The molecule has 1 aromatic carbocycles. The molecule has 2 atom stereocenters. The molecule has 6 nitrogen and oxygen atoms in total. The minimum atomic E-state index is -4.45. The Balaban J connectivity index is 1.87. The second-order valence-corrected chi connectivity index (χ2v) is 5.29. The zero-order chi connectivity index (χ0) is 17.7. The quantitative estimate of drug-likeness (QED) is 0.875. The van der Waals surface area contributed by atoms with Crippen LogP contribution in [0.3, 0.4) is 0 Å². The van der Waals surface area contributed by atoms with Crippen LogP contribution in [0.25, 0.3) is 0 Å². The van der Waals surface area contributed by atoms with Gasteiger partial charge >= 0.3 is 6.18 Å². The van der Waals surface area contributed by atoms with E-state index in [0.717, 1.165) is 12.1 Å². The fourth-order valence-electron chi connectivity index (χ4n) is 1.98. The van der Waals surface area contributed by atoms with Crippen molar-refractivity contribution in [3.63, 3.8) is 0 Å². The molecule has 0 unspecified atom stereocenters. The van der Waals surface area contributed by atoms with Gasteiger partial charge in [-0.25, -0.2) is 9.67 Å². The molecule has 1 aromatic heterocycles. The summed E-state index contributed by atoms with van der Waals surface area (Å²) in [6.45, 7) is 3.26. The van der Waals surface area contributed by atoms with E-state index in [1.54, 1.807) is 11.6 Å². The van der Waals surface area contributed by atoms with Gasteiger partial charge in [-0.05, 0) is 32.0 Å². The highest BCUT2D eigenvalue weighted by atomic mass is 19.4. The number of amides is 1. The van der Waals surface area contributed by atoms with Gasteiger partial charge in [0, 0.05) is 6.04 Å². The van der Waals surface area contributed by atoms with Crippen molar-refractivity contribution in [1.82, 2.24) is 20.1 Å². The van der Waals surface area contributed by atoms with Crippen molar-refractivity contribution < 1.29 is 22.7 Å². The molecule has 24 heavy (non-hydrogen) atoms. The summed E-state index contributed by atoms with van der Waals surface area (Å²) in [4.78, 5) is 15.7. The molecule has 0 aliphatic carbocycles. The smallest absolute Gasteiger partial charge is 0.416 e. The van der Waals surface area contributed by atoms with Gasteiger partial charge in [-0.1, -0.05) is 6.07 Å². The minimum absolute atomic E-state index is 0.0167. The number of benzene rings is 1. The lowest BCUT2D eigenvalue weighted by atomic mass is 10.2.